The smallest absolute Gasteiger partial charge is 0.253 e. The van der Waals surface area contributed by atoms with E-state index in [0.717, 1.165) is 25.9 Å². The molecule has 4 nitrogen and oxygen atoms in total. The molecule has 0 unspecified atom stereocenters. The molecule has 1 amide bonds. The summed E-state index contributed by atoms with van der Waals surface area (Å²) in [6, 6.07) is 0. The Morgan fingerprint density at radius 2 is 2.14 bits per heavy atom. The van der Waals surface area contributed by atoms with E-state index in [9.17, 15) is 4.79 Å². The Bertz CT molecular complexity index is 300. The van der Waals surface area contributed by atoms with E-state index in [1.165, 1.54) is 0 Å². The summed E-state index contributed by atoms with van der Waals surface area (Å²) in [5.41, 5.74) is -0.472. The summed E-state index contributed by atoms with van der Waals surface area (Å²) in [6.45, 7) is 3.67. The SMILES string of the molecule is C/C=C/C1=NC2(CCNCC2)C(=O)N1. The van der Waals surface area contributed by atoms with E-state index < -0.39 is 5.54 Å². The van der Waals surface area contributed by atoms with Crippen molar-refractivity contribution >= 4 is 11.7 Å². The molecule has 1 fully saturated rings. The summed E-state index contributed by atoms with van der Waals surface area (Å²) >= 11 is 0. The fourth-order valence-corrected chi connectivity index (χ4v) is 1.96. The normalized spacial score (nSPS) is 25.5. The Hall–Kier alpha value is -1.16. The lowest BCUT2D eigenvalue weighted by atomic mass is 9.89. The topological polar surface area (TPSA) is 53.5 Å². The summed E-state index contributed by atoms with van der Waals surface area (Å²) in [4.78, 5) is 16.2. The highest BCUT2D eigenvalue weighted by atomic mass is 16.2. The minimum absolute atomic E-state index is 0.0621. The van der Waals surface area contributed by atoms with E-state index in [-0.39, 0.29) is 5.91 Å². The zero-order valence-corrected chi connectivity index (χ0v) is 8.34. The highest BCUT2D eigenvalue weighted by molar-refractivity contribution is 6.12. The molecule has 2 aliphatic rings. The molecule has 2 rings (SSSR count). The van der Waals surface area contributed by atoms with Crippen LogP contribution in [0.3, 0.4) is 0 Å². The fourth-order valence-electron chi connectivity index (χ4n) is 1.96. The average Bonchev–Trinajstić information content (AvgIpc) is 2.45. The Kier molecular flexibility index (Phi) is 2.37. The van der Waals surface area contributed by atoms with Gasteiger partial charge >= 0.3 is 0 Å². The first-order valence-electron chi connectivity index (χ1n) is 5.01. The molecule has 0 radical (unpaired) electrons. The molecular formula is C10H15N3O. The van der Waals surface area contributed by atoms with Gasteiger partial charge in [-0.05, 0) is 38.9 Å². The van der Waals surface area contributed by atoms with E-state index in [0.29, 0.717) is 5.84 Å². The van der Waals surface area contributed by atoms with Crippen LogP contribution in [0.25, 0.3) is 0 Å². The molecule has 0 aromatic carbocycles. The number of nitrogens with zero attached hydrogens (tertiary/aromatic N) is 1. The van der Waals surface area contributed by atoms with Gasteiger partial charge in [0.25, 0.3) is 5.91 Å². The van der Waals surface area contributed by atoms with E-state index in [1.807, 2.05) is 19.1 Å². The first kappa shape index (κ1) is 9.40. The van der Waals surface area contributed by atoms with Crippen molar-refractivity contribution < 1.29 is 4.79 Å². The highest BCUT2D eigenvalue weighted by Crippen LogP contribution is 2.26. The first-order chi connectivity index (χ1) is 6.77. The van der Waals surface area contributed by atoms with Crippen LogP contribution in [0.2, 0.25) is 0 Å². The predicted molar refractivity (Wildman–Crippen MR) is 55.2 cm³/mol. The molecule has 0 aromatic rings. The maximum absolute atomic E-state index is 11.7. The molecule has 0 aliphatic carbocycles. The quantitative estimate of drug-likeness (QED) is 0.625. The molecule has 2 heterocycles. The van der Waals surface area contributed by atoms with Crippen molar-refractivity contribution in [3.8, 4) is 0 Å². The third-order valence-electron chi connectivity index (χ3n) is 2.75. The Labute approximate surface area is 83.5 Å². The fraction of sp³-hybridized carbons (Fsp3) is 0.600. The van der Waals surface area contributed by atoms with Gasteiger partial charge in [-0.2, -0.15) is 0 Å². The molecule has 0 bridgehead atoms. The number of rotatable bonds is 1. The number of allylic oxidation sites excluding steroid dienone is 1. The van der Waals surface area contributed by atoms with Crippen molar-refractivity contribution in [2.75, 3.05) is 13.1 Å². The number of hydrogen-bond donors (Lipinski definition) is 2. The van der Waals surface area contributed by atoms with E-state index in [4.69, 9.17) is 0 Å². The lowest BCUT2D eigenvalue weighted by Crippen LogP contribution is -2.47. The van der Waals surface area contributed by atoms with Crippen LogP contribution in [-0.4, -0.2) is 30.4 Å². The standard InChI is InChI=1S/C10H15N3O/c1-2-3-8-12-9(14)10(13-8)4-6-11-7-5-10/h2-3,11H,4-7H2,1H3,(H,12,13,14)/b3-2+. The molecular weight excluding hydrogens is 178 g/mol. The van der Waals surface area contributed by atoms with E-state index in [2.05, 4.69) is 15.6 Å². The van der Waals surface area contributed by atoms with Crippen LogP contribution in [0.15, 0.2) is 17.1 Å². The van der Waals surface area contributed by atoms with Gasteiger partial charge < -0.3 is 10.6 Å². The number of piperidine rings is 1. The lowest BCUT2D eigenvalue weighted by Gasteiger charge is -2.27. The Balaban J connectivity index is 2.21. The molecule has 0 atom stereocenters. The molecule has 2 N–H and O–H groups in total. The number of carbonyl (C=O) groups is 1. The number of aliphatic imine (C=N–C) groups is 1. The van der Waals surface area contributed by atoms with Gasteiger partial charge in [-0.1, -0.05) is 6.08 Å². The van der Waals surface area contributed by atoms with Crippen LogP contribution in [0.5, 0.6) is 0 Å². The summed E-state index contributed by atoms with van der Waals surface area (Å²) in [7, 11) is 0. The lowest BCUT2D eigenvalue weighted by molar-refractivity contribution is -0.124. The van der Waals surface area contributed by atoms with Gasteiger partial charge in [-0.25, -0.2) is 0 Å². The van der Waals surface area contributed by atoms with Gasteiger partial charge in [-0.15, -0.1) is 0 Å². The number of nitrogens with one attached hydrogen (secondary N) is 2. The third-order valence-corrected chi connectivity index (χ3v) is 2.75. The van der Waals surface area contributed by atoms with E-state index in [1.54, 1.807) is 0 Å². The van der Waals surface area contributed by atoms with Crippen molar-refractivity contribution in [2.24, 2.45) is 4.99 Å². The molecule has 14 heavy (non-hydrogen) atoms. The second kappa shape index (κ2) is 3.53. The molecule has 0 aromatic heterocycles. The van der Waals surface area contributed by atoms with Gasteiger partial charge in [0.1, 0.15) is 11.4 Å². The number of amides is 1. The molecule has 2 aliphatic heterocycles. The summed E-state index contributed by atoms with van der Waals surface area (Å²) in [5, 5.41) is 6.05. The summed E-state index contributed by atoms with van der Waals surface area (Å²) < 4.78 is 0. The van der Waals surface area contributed by atoms with Crippen LogP contribution in [0.1, 0.15) is 19.8 Å². The van der Waals surface area contributed by atoms with Crippen molar-refractivity contribution in [2.45, 2.75) is 25.3 Å². The average molecular weight is 193 g/mol. The highest BCUT2D eigenvalue weighted by Gasteiger charge is 2.43. The van der Waals surface area contributed by atoms with Gasteiger partial charge in [-0.3, -0.25) is 9.79 Å². The van der Waals surface area contributed by atoms with Crippen LogP contribution in [0, 0.1) is 0 Å². The number of hydrogen-bond acceptors (Lipinski definition) is 3. The molecule has 1 saturated heterocycles. The van der Waals surface area contributed by atoms with Gasteiger partial charge in [0.05, 0.1) is 0 Å². The van der Waals surface area contributed by atoms with Gasteiger partial charge in [0.2, 0.25) is 0 Å². The van der Waals surface area contributed by atoms with Gasteiger partial charge in [0.15, 0.2) is 0 Å². The summed E-state index contributed by atoms with van der Waals surface area (Å²) in [5.74, 6) is 0.770. The maximum atomic E-state index is 11.7. The largest absolute Gasteiger partial charge is 0.317 e. The minimum Gasteiger partial charge on any atom is -0.317 e. The van der Waals surface area contributed by atoms with Crippen molar-refractivity contribution in [3.05, 3.63) is 12.2 Å². The Morgan fingerprint density at radius 3 is 2.79 bits per heavy atom. The predicted octanol–water partition coefficient (Wildman–Crippen LogP) is 0.213. The minimum atomic E-state index is -0.472. The first-order valence-corrected chi connectivity index (χ1v) is 5.01. The van der Waals surface area contributed by atoms with Crippen molar-refractivity contribution in [1.29, 1.82) is 0 Å². The zero-order chi connectivity index (χ0) is 10.0. The third kappa shape index (κ3) is 1.46. The molecule has 1 spiro atoms. The van der Waals surface area contributed by atoms with Crippen LogP contribution in [-0.2, 0) is 4.79 Å². The maximum Gasteiger partial charge on any atom is 0.253 e. The number of carbonyl (C=O) groups excluding carboxylic acids is 1. The second-order valence-electron chi connectivity index (χ2n) is 3.73. The summed E-state index contributed by atoms with van der Waals surface area (Å²) in [6.07, 6.45) is 5.34. The van der Waals surface area contributed by atoms with Crippen molar-refractivity contribution in [3.63, 3.8) is 0 Å². The number of amidine groups is 1. The monoisotopic (exact) mass is 193 g/mol. The van der Waals surface area contributed by atoms with Crippen LogP contribution >= 0.6 is 0 Å². The van der Waals surface area contributed by atoms with Crippen molar-refractivity contribution in [1.82, 2.24) is 10.6 Å². The van der Waals surface area contributed by atoms with Crippen LogP contribution < -0.4 is 10.6 Å². The molecule has 76 valence electrons. The van der Waals surface area contributed by atoms with Gasteiger partial charge in [0, 0.05) is 0 Å². The molecule has 4 heteroatoms. The van der Waals surface area contributed by atoms with Crippen LogP contribution in [0.4, 0.5) is 0 Å². The Morgan fingerprint density at radius 1 is 1.43 bits per heavy atom. The second-order valence-corrected chi connectivity index (χ2v) is 3.73. The molecule has 0 saturated carbocycles. The van der Waals surface area contributed by atoms with E-state index >= 15 is 0 Å². The zero-order valence-electron chi connectivity index (χ0n) is 8.34.